The fourth-order valence-electron chi connectivity index (χ4n) is 1.63. The van der Waals surface area contributed by atoms with Crippen molar-refractivity contribution < 1.29 is 0 Å². The zero-order valence-electron chi connectivity index (χ0n) is 6.89. The van der Waals surface area contributed by atoms with Gasteiger partial charge in [0.15, 0.2) is 0 Å². The number of halogens is 1. The van der Waals surface area contributed by atoms with E-state index in [0.29, 0.717) is 11.3 Å². The molecule has 1 unspecified atom stereocenters. The molecule has 0 bridgehead atoms. The Balaban J connectivity index is 2.56. The van der Waals surface area contributed by atoms with E-state index in [4.69, 9.17) is 11.6 Å². The highest BCUT2D eigenvalue weighted by Gasteiger charge is 2.53. The molecule has 3 atom stereocenters. The first kappa shape index (κ1) is 8.34. The summed E-state index contributed by atoms with van der Waals surface area (Å²) in [5.41, 5.74) is 0.784. The molecule has 1 aliphatic rings. The van der Waals surface area contributed by atoms with Crippen LogP contribution in [0.25, 0.3) is 0 Å². The van der Waals surface area contributed by atoms with Crippen molar-refractivity contribution >= 4 is 19.7 Å². The van der Waals surface area contributed by atoms with Gasteiger partial charge in [-0.15, -0.1) is 18.2 Å². The fourth-order valence-corrected chi connectivity index (χ4v) is 5.79. The van der Waals surface area contributed by atoms with Gasteiger partial charge in [-0.25, -0.2) is 0 Å². The summed E-state index contributed by atoms with van der Waals surface area (Å²) in [5.74, 6) is 0.619. The minimum absolute atomic E-state index is 0.407. The predicted octanol–water partition coefficient (Wildman–Crippen LogP) is 3.12. The summed E-state index contributed by atoms with van der Waals surface area (Å²) in [4.78, 5) is 0. The van der Waals surface area contributed by atoms with Crippen molar-refractivity contribution in [1.82, 2.24) is 0 Å². The first-order valence-corrected chi connectivity index (χ1v) is 7.76. The van der Waals surface area contributed by atoms with E-state index in [0.717, 1.165) is 5.54 Å². The number of allylic oxidation sites excluding steroid dienone is 1. The van der Waals surface area contributed by atoms with E-state index in [-0.39, 0.29) is 0 Å². The second kappa shape index (κ2) is 2.38. The lowest BCUT2D eigenvalue weighted by atomic mass is 10.4. The minimum Gasteiger partial charge on any atom is -0.122 e. The molecule has 0 aromatic rings. The molecule has 10 heavy (non-hydrogen) atoms. The van der Waals surface area contributed by atoms with Gasteiger partial charge in [-0.05, 0) is 11.5 Å². The monoisotopic (exact) mass is 174 g/mol. The second-order valence-corrected chi connectivity index (χ2v) is 10.1. The molecule has 58 valence electrons. The molecular weight excluding hydrogens is 160 g/mol. The molecule has 0 aromatic heterocycles. The van der Waals surface area contributed by atoms with Crippen molar-refractivity contribution in [3.05, 3.63) is 12.7 Å². The van der Waals surface area contributed by atoms with Crippen LogP contribution in [-0.2, 0) is 0 Å². The van der Waals surface area contributed by atoms with Crippen LogP contribution in [0.5, 0.6) is 0 Å². The third kappa shape index (κ3) is 1.30. The number of rotatable bonds is 2. The Hall–Kier alpha value is 0.247. The highest BCUT2D eigenvalue weighted by Crippen LogP contribution is 2.56. The van der Waals surface area contributed by atoms with Crippen LogP contribution in [0, 0.1) is 5.92 Å². The van der Waals surface area contributed by atoms with Gasteiger partial charge in [-0.2, -0.15) is 0 Å². The molecule has 0 heterocycles. The lowest BCUT2D eigenvalue weighted by molar-refractivity contribution is 1.11. The van der Waals surface area contributed by atoms with E-state index in [2.05, 4.69) is 26.2 Å². The maximum absolute atomic E-state index is 6.07. The van der Waals surface area contributed by atoms with Crippen LogP contribution in [0.2, 0.25) is 25.2 Å². The summed E-state index contributed by atoms with van der Waals surface area (Å²) in [6, 6.07) is 0. The number of hydrogen-bond acceptors (Lipinski definition) is 0. The van der Waals surface area contributed by atoms with Crippen molar-refractivity contribution in [3.63, 3.8) is 0 Å². The molecule has 0 spiro atoms. The third-order valence-corrected chi connectivity index (χ3v) is 5.77. The van der Waals surface area contributed by atoms with Gasteiger partial charge in [0.2, 0.25) is 0 Å². The van der Waals surface area contributed by atoms with Crippen LogP contribution in [0.15, 0.2) is 12.7 Å². The Labute approximate surface area is 69.3 Å². The molecule has 0 N–H and O–H groups in total. The van der Waals surface area contributed by atoms with Gasteiger partial charge in [-0.3, -0.25) is 0 Å². The molecule has 2 heteroatoms. The third-order valence-electron chi connectivity index (χ3n) is 2.26. The summed E-state index contributed by atoms with van der Waals surface area (Å²) in [6.45, 7) is 10.9. The van der Waals surface area contributed by atoms with E-state index in [1.165, 1.54) is 0 Å². The average Bonchev–Trinajstić information content (AvgIpc) is 2.39. The van der Waals surface area contributed by atoms with Gasteiger partial charge in [0.25, 0.3) is 0 Å². The predicted molar refractivity (Wildman–Crippen MR) is 50.4 cm³/mol. The molecule has 1 aliphatic carbocycles. The standard InChI is InChI=1S/C8H15ClSi/c1-5-6-7(9)8(6)10(2,3)4/h5-8H,1H2,2-4H3/t6-,7?,8+/m1/s1. The highest BCUT2D eigenvalue weighted by atomic mass is 35.5. The zero-order valence-corrected chi connectivity index (χ0v) is 8.65. The maximum atomic E-state index is 6.07. The van der Waals surface area contributed by atoms with E-state index in [9.17, 15) is 0 Å². The van der Waals surface area contributed by atoms with E-state index >= 15 is 0 Å². The maximum Gasteiger partial charge on any atom is 0.0498 e. The van der Waals surface area contributed by atoms with E-state index in [1.54, 1.807) is 0 Å². The highest BCUT2D eigenvalue weighted by molar-refractivity contribution is 6.79. The van der Waals surface area contributed by atoms with Crippen molar-refractivity contribution in [3.8, 4) is 0 Å². The van der Waals surface area contributed by atoms with Gasteiger partial charge >= 0.3 is 0 Å². The summed E-state index contributed by atoms with van der Waals surface area (Å²) < 4.78 is 0. The Morgan fingerprint density at radius 3 is 2.00 bits per heavy atom. The van der Waals surface area contributed by atoms with Gasteiger partial charge in [0.05, 0.1) is 0 Å². The van der Waals surface area contributed by atoms with Crippen LogP contribution in [0.4, 0.5) is 0 Å². The minimum atomic E-state index is -0.974. The summed E-state index contributed by atoms with van der Waals surface area (Å²) in [6.07, 6.45) is 2.01. The molecule has 1 rings (SSSR count). The fraction of sp³-hybridized carbons (Fsp3) is 0.750. The Morgan fingerprint density at radius 1 is 1.40 bits per heavy atom. The summed E-state index contributed by atoms with van der Waals surface area (Å²) in [5, 5.41) is 0.407. The van der Waals surface area contributed by atoms with Crippen molar-refractivity contribution in [1.29, 1.82) is 0 Å². The number of hydrogen-bond donors (Lipinski definition) is 0. The van der Waals surface area contributed by atoms with E-state index in [1.807, 2.05) is 6.08 Å². The molecule has 0 radical (unpaired) electrons. The lowest BCUT2D eigenvalue weighted by Gasteiger charge is -2.14. The summed E-state index contributed by atoms with van der Waals surface area (Å²) >= 11 is 6.07. The Bertz CT molecular complexity index is 148. The van der Waals surface area contributed by atoms with Crippen molar-refractivity contribution in [2.75, 3.05) is 0 Å². The van der Waals surface area contributed by atoms with E-state index < -0.39 is 8.07 Å². The van der Waals surface area contributed by atoms with Crippen LogP contribution in [-0.4, -0.2) is 13.5 Å². The van der Waals surface area contributed by atoms with Gasteiger partial charge < -0.3 is 0 Å². The quantitative estimate of drug-likeness (QED) is 0.343. The largest absolute Gasteiger partial charge is 0.122 e. The van der Waals surface area contributed by atoms with Gasteiger partial charge in [-0.1, -0.05) is 25.7 Å². The first-order chi connectivity index (χ1) is 4.48. The smallest absolute Gasteiger partial charge is 0.0498 e. The second-order valence-electron chi connectivity index (χ2n) is 4.15. The molecular formula is C8H15ClSi. The van der Waals surface area contributed by atoms with Gasteiger partial charge in [0, 0.05) is 13.5 Å². The summed E-state index contributed by atoms with van der Waals surface area (Å²) in [7, 11) is -0.974. The molecule has 0 nitrogen and oxygen atoms in total. The van der Waals surface area contributed by atoms with Crippen LogP contribution in [0.1, 0.15) is 0 Å². The zero-order chi connectivity index (χ0) is 7.94. The van der Waals surface area contributed by atoms with Crippen molar-refractivity contribution in [2.45, 2.75) is 30.6 Å². The van der Waals surface area contributed by atoms with Crippen LogP contribution in [0.3, 0.4) is 0 Å². The molecule has 0 saturated heterocycles. The van der Waals surface area contributed by atoms with Crippen LogP contribution >= 0.6 is 11.6 Å². The molecule has 0 aliphatic heterocycles. The first-order valence-electron chi connectivity index (χ1n) is 3.75. The Morgan fingerprint density at radius 2 is 1.90 bits per heavy atom. The molecule has 0 aromatic carbocycles. The molecule has 1 fully saturated rings. The lowest BCUT2D eigenvalue weighted by Crippen LogP contribution is -2.21. The SMILES string of the molecule is C=C[C@@H]1C(Cl)[C@H]1[Si](C)(C)C. The average molecular weight is 175 g/mol. The van der Waals surface area contributed by atoms with Gasteiger partial charge in [0.1, 0.15) is 0 Å². The Kier molecular flexibility index (Phi) is 1.99. The normalized spacial score (nSPS) is 39.4. The topological polar surface area (TPSA) is 0 Å². The molecule has 1 saturated carbocycles. The van der Waals surface area contributed by atoms with Crippen molar-refractivity contribution in [2.24, 2.45) is 5.92 Å². The molecule has 0 amide bonds. The van der Waals surface area contributed by atoms with Crippen LogP contribution < -0.4 is 0 Å². The number of alkyl halides is 1.